The average molecular weight is 577 g/mol. The fourth-order valence-corrected chi connectivity index (χ4v) is 5.36. The summed E-state index contributed by atoms with van der Waals surface area (Å²) in [5.41, 5.74) is 2.90. The van der Waals surface area contributed by atoms with Crippen molar-refractivity contribution in [1.29, 1.82) is 0 Å². The van der Waals surface area contributed by atoms with E-state index in [0.717, 1.165) is 12.8 Å². The summed E-state index contributed by atoms with van der Waals surface area (Å²) >= 11 is 6.59. The number of likely N-dealkylation sites (tertiary alicyclic amines) is 1. The van der Waals surface area contributed by atoms with E-state index in [4.69, 9.17) is 30.8 Å². The van der Waals surface area contributed by atoms with Crippen molar-refractivity contribution in [3.63, 3.8) is 0 Å². The average Bonchev–Trinajstić information content (AvgIpc) is 3.70. The first kappa shape index (κ1) is 28.7. The lowest BCUT2D eigenvalue weighted by Gasteiger charge is -2.39. The summed E-state index contributed by atoms with van der Waals surface area (Å²) in [5.74, 6) is -1.36. The first-order valence-corrected chi connectivity index (χ1v) is 13.9. The van der Waals surface area contributed by atoms with E-state index < -0.39 is 18.1 Å². The van der Waals surface area contributed by atoms with Gasteiger partial charge in [0.25, 0.3) is 5.92 Å². The van der Waals surface area contributed by atoms with Gasteiger partial charge in [0.05, 0.1) is 34.6 Å². The fraction of sp³-hybridized carbons (Fsp3) is 0.536. The van der Waals surface area contributed by atoms with Crippen molar-refractivity contribution in [2.45, 2.75) is 64.1 Å². The second-order valence-corrected chi connectivity index (χ2v) is 11.1. The van der Waals surface area contributed by atoms with E-state index in [0.29, 0.717) is 69.9 Å². The number of rotatable bonds is 10. The van der Waals surface area contributed by atoms with Crippen LogP contribution < -0.4 is 15.4 Å². The molecular weight excluding hydrogens is 542 g/mol. The van der Waals surface area contributed by atoms with Gasteiger partial charge in [0.1, 0.15) is 30.0 Å². The normalized spacial score (nSPS) is 19.9. The van der Waals surface area contributed by atoms with E-state index in [2.05, 4.69) is 15.8 Å². The van der Waals surface area contributed by atoms with Crippen molar-refractivity contribution in [2.75, 3.05) is 38.6 Å². The molecule has 0 amide bonds. The van der Waals surface area contributed by atoms with Crippen molar-refractivity contribution in [2.24, 2.45) is 0 Å². The summed E-state index contributed by atoms with van der Waals surface area (Å²) in [7, 11) is 1.74. The van der Waals surface area contributed by atoms with Gasteiger partial charge in [-0.05, 0) is 65.3 Å². The molecule has 0 spiro atoms. The Morgan fingerprint density at radius 1 is 1.23 bits per heavy atom. The molecule has 2 aromatic heterocycles. The standard InChI is InChI=1S/C28H35ClF2N6O3/c1-15-25(24-16(2)36-40-17(24)3)34-27(21-11-20(7-8-22(21)29)39-13-19(38)12-32-4)35-26(15)33-23-9-10-37(18-5-6-18)14-28(23,30)31/h7-8,11,18-19,23,32,38H,5-6,9-10,12-14H2,1-4H3,(H,33,34,35)/t19-,23?/m1/s1. The maximum absolute atomic E-state index is 15.3. The van der Waals surface area contributed by atoms with Crippen molar-refractivity contribution in [3.8, 4) is 28.4 Å². The number of hydrogen-bond donors (Lipinski definition) is 3. The van der Waals surface area contributed by atoms with Gasteiger partial charge in [-0.25, -0.2) is 18.7 Å². The van der Waals surface area contributed by atoms with Gasteiger partial charge in [-0.15, -0.1) is 0 Å². The van der Waals surface area contributed by atoms with Gasteiger partial charge in [0.2, 0.25) is 0 Å². The number of nitrogens with one attached hydrogen (secondary N) is 2. The van der Waals surface area contributed by atoms with Crippen LogP contribution in [0.15, 0.2) is 22.7 Å². The summed E-state index contributed by atoms with van der Waals surface area (Å²) in [5, 5.41) is 20.4. The number of piperidine rings is 1. The van der Waals surface area contributed by atoms with Crippen LogP contribution in [0, 0.1) is 20.8 Å². The van der Waals surface area contributed by atoms with Crippen molar-refractivity contribution < 1.29 is 23.1 Å². The number of aryl methyl sites for hydroxylation is 2. The Morgan fingerprint density at radius 2 is 2.00 bits per heavy atom. The number of nitrogens with zero attached hydrogens (tertiary/aromatic N) is 4. The van der Waals surface area contributed by atoms with Gasteiger partial charge in [-0.1, -0.05) is 16.8 Å². The molecule has 1 aliphatic heterocycles. The Hall–Kier alpha value is -2.86. The SMILES string of the molecule is CNC[C@@H](O)COc1ccc(Cl)c(-c2nc(NC3CCN(C4CC4)CC3(F)F)c(C)c(-c3c(C)noc3C)n2)c1. The van der Waals surface area contributed by atoms with E-state index >= 15 is 8.78 Å². The molecule has 216 valence electrons. The second kappa shape index (κ2) is 11.6. The molecular formula is C28H35ClF2N6O3. The van der Waals surface area contributed by atoms with Crippen LogP contribution in [-0.4, -0.2) is 82.5 Å². The smallest absolute Gasteiger partial charge is 0.280 e. The van der Waals surface area contributed by atoms with Crippen LogP contribution in [0.5, 0.6) is 5.75 Å². The summed E-state index contributed by atoms with van der Waals surface area (Å²) in [6, 6.07) is 4.23. The fourth-order valence-electron chi connectivity index (χ4n) is 5.15. The molecule has 1 saturated carbocycles. The van der Waals surface area contributed by atoms with Crippen LogP contribution in [-0.2, 0) is 0 Å². The predicted octanol–water partition coefficient (Wildman–Crippen LogP) is 4.62. The topological polar surface area (TPSA) is 109 Å². The highest BCUT2D eigenvalue weighted by molar-refractivity contribution is 6.33. The second-order valence-electron chi connectivity index (χ2n) is 10.7. The number of aliphatic hydroxyl groups is 1. The van der Waals surface area contributed by atoms with Crippen molar-refractivity contribution >= 4 is 17.4 Å². The van der Waals surface area contributed by atoms with Gasteiger partial charge in [0, 0.05) is 30.3 Å². The predicted molar refractivity (Wildman–Crippen MR) is 149 cm³/mol. The zero-order valence-electron chi connectivity index (χ0n) is 23.1. The number of benzene rings is 1. The van der Waals surface area contributed by atoms with Gasteiger partial charge >= 0.3 is 0 Å². The summed E-state index contributed by atoms with van der Waals surface area (Å²) in [6.45, 7) is 6.17. The Kier molecular flexibility index (Phi) is 8.28. The van der Waals surface area contributed by atoms with Crippen LogP contribution in [0.2, 0.25) is 5.02 Å². The lowest BCUT2D eigenvalue weighted by Crippen LogP contribution is -2.55. The molecule has 9 nitrogen and oxygen atoms in total. The zero-order chi connectivity index (χ0) is 28.6. The molecule has 0 radical (unpaired) electrons. The zero-order valence-corrected chi connectivity index (χ0v) is 23.9. The van der Waals surface area contributed by atoms with E-state index in [-0.39, 0.29) is 25.0 Å². The Labute approximate surface area is 237 Å². The molecule has 3 N–H and O–H groups in total. The molecule has 12 heteroatoms. The Morgan fingerprint density at radius 3 is 2.65 bits per heavy atom. The molecule has 40 heavy (non-hydrogen) atoms. The van der Waals surface area contributed by atoms with Gasteiger partial charge in [0.15, 0.2) is 5.82 Å². The maximum Gasteiger partial charge on any atom is 0.280 e. The van der Waals surface area contributed by atoms with Gasteiger partial charge in [-0.2, -0.15) is 0 Å². The molecule has 1 saturated heterocycles. The minimum atomic E-state index is -2.93. The highest BCUT2D eigenvalue weighted by atomic mass is 35.5. The van der Waals surface area contributed by atoms with Crippen LogP contribution in [0.4, 0.5) is 14.6 Å². The van der Waals surface area contributed by atoms with Crippen LogP contribution in [0.3, 0.4) is 0 Å². The van der Waals surface area contributed by atoms with Crippen LogP contribution in [0.25, 0.3) is 22.6 Å². The molecule has 1 aromatic carbocycles. The largest absolute Gasteiger partial charge is 0.491 e. The van der Waals surface area contributed by atoms with E-state index in [1.165, 1.54) is 0 Å². The minimum absolute atomic E-state index is 0.0719. The molecule has 2 aliphatic rings. The van der Waals surface area contributed by atoms with E-state index in [9.17, 15) is 5.11 Å². The van der Waals surface area contributed by atoms with E-state index in [1.54, 1.807) is 46.0 Å². The molecule has 2 fully saturated rings. The molecule has 5 rings (SSSR count). The number of alkyl halides is 2. The third kappa shape index (κ3) is 6.07. The first-order chi connectivity index (χ1) is 19.1. The molecule has 1 unspecified atom stereocenters. The van der Waals surface area contributed by atoms with Gasteiger partial charge < -0.3 is 25.0 Å². The maximum atomic E-state index is 15.3. The quantitative estimate of drug-likeness (QED) is 0.318. The van der Waals surface area contributed by atoms with Crippen LogP contribution in [0.1, 0.15) is 36.3 Å². The summed E-state index contributed by atoms with van der Waals surface area (Å²) < 4.78 is 41.8. The van der Waals surface area contributed by atoms with Crippen LogP contribution >= 0.6 is 11.6 Å². The summed E-state index contributed by atoms with van der Waals surface area (Å²) in [4.78, 5) is 11.4. The molecule has 1 aliphatic carbocycles. The molecule has 2 atom stereocenters. The number of halogens is 3. The third-order valence-corrected chi connectivity index (χ3v) is 7.81. The minimum Gasteiger partial charge on any atom is -0.491 e. The highest BCUT2D eigenvalue weighted by Crippen LogP contribution is 2.39. The lowest BCUT2D eigenvalue weighted by atomic mass is 9.99. The monoisotopic (exact) mass is 576 g/mol. The Bertz CT molecular complexity index is 1350. The highest BCUT2D eigenvalue weighted by Gasteiger charge is 2.48. The molecule has 3 heterocycles. The van der Waals surface area contributed by atoms with Gasteiger partial charge in [-0.3, -0.25) is 4.90 Å². The van der Waals surface area contributed by atoms with E-state index in [1.807, 2.05) is 4.90 Å². The summed E-state index contributed by atoms with van der Waals surface area (Å²) in [6.07, 6.45) is 1.57. The number of anilines is 1. The van der Waals surface area contributed by atoms with Crippen molar-refractivity contribution in [3.05, 3.63) is 40.2 Å². The molecule has 3 aromatic rings. The number of ether oxygens (including phenoxy) is 1. The number of aromatic nitrogens is 3. The van der Waals surface area contributed by atoms with Crippen molar-refractivity contribution in [1.82, 2.24) is 25.3 Å². The number of likely N-dealkylation sites (N-methyl/N-ethyl adjacent to an activating group) is 1. The third-order valence-electron chi connectivity index (χ3n) is 7.48. The lowest BCUT2D eigenvalue weighted by molar-refractivity contribution is -0.0760. The number of aliphatic hydroxyl groups excluding tert-OH is 1. The Balaban J connectivity index is 1.52. The first-order valence-electron chi connectivity index (χ1n) is 13.5. The number of hydrogen-bond acceptors (Lipinski definition) is 9. The molecule has 0 bridgehead atoms.